The molecule has 0 aliphatic carbocycles. The molecule has 112 valence electrons. The number of hydrogen-bond donors (Lipinski definition) is 1. The van der Waals surface area contributed by atoms with Gasteiger partial charge >= 0.3 is 5.97 Å². The van der Waals surface area contributed by atoms with Crippen molar-refractivity contribution in [2.45, 2.75) is 13.5 Å². The number of hydrogen-bond acceptors (Lipinski definition) is 4. The molecular formula is C17H14O5. The smallest absolute Gasteiger partial charge is 0.371 e. The lowest BCUT2D eigenvalue weighted by Gasteiger charge is -2.10. The number of carbonyl (C=O) groups is 1. The van der Waals surface area contributed by atoms with Gasteiger partial charge in [-0.3, -0.25) is 0 Å². The molecule has 22 heavy (non-hydrogen) atoms. The zero-order chi connectivity index (χ0) is 15.5. The van der Waals surface area contributed by atoms with Crippen molar-refractivity contribution < 1.29 is 23.5 Å². The van der Waals surface area contributed by atoms with E-state index in [0.29, 0.717) is 17.3 Å². The first kappa shape index (κ1) is 14.0. The number of carboxylic acids is 1. The van der Waals surface area contributed by atoms with Gasteiger partial charge in [0.1, 0.15) is 23.9 Å². The molecular weight excluding hydrogens is 284 g/mol. The number of aromatic carboxylic acids is 1. The fourth-order valence-electron chi connectivity index (χ4n) is 2.11. The summed E-state index contributed by atoms with van der Waals surface area (Å²) >= 11 is 0. The quantitative estimate of drug-likeness (QED) is 0.766. The molecule has 0 aliphatic rings. The van der Waals surface area contributed by atoms with E-state index in [1.54, 1.807) is 12.3 Å². The molecule has 0 unspecified atom stereocenters. The van der Waals surface area contributed by atoms with E-state index in [1.807, 2.05) is 37.3 Å². The van der Waals surface area contributed by atoms with Gasteiger partial charge < -0.3 is 18.7 Å². The van der Waals surface area contributed by atoms with Crippen molar-refractivity contribution in [3.05, 3.63) is 65.8 Å². The zero-order valence-electron chi connectivity index (χ0n) is 11.9. The molecule has 0 amide bonds. The monoisotopic (exact) mass is 298 g/mol. The summed E-state index contributed by atoms with van der Waals surface area (Å²) in [5.41, 5.74) is 1.93. The van der Waals surface area contributed by atoms with Crippen molar-refractivity contribution in [3.8, 4) is 17.1 Å². The summed E-state index contributed by atoms with van der Waals surface area (Å²) in [7, 11) is 0. The van der Waals surface area contributed by atoms with E-state index < -0.39 is 5.97 Å². The maximum absolute atomic E-state index is 10.8. The number of rotatable bonds is 5. The molecule has 0 aliphatic heterocycles. The minimum absolute atomic E-state index is 0.103. The van der Waals surface area contributed by atoms with Gasteiger partial charge in [0, 0.05) is 0 Å². The molecule has 5 heteroatoms. The van der Waals surface area contributed by atoms with Gasteiger partial charge in [-0.2, -0.15) is 0 Å². The van der Waals surface area contributed by atoms with Crippen LogP contribution in [-0.2, 0) is 6.61 Å². The highest BCUT2D eigenvalue weighted by molar-refractivity contribution is 5.84. The van der Waals surface area contributed by atoms with Gasteiger partial charge in [-0.1, -0.05) is 11.6 Å². The fourth-order valence-corrected chi connectivity index (χ4v) is 2.11. The Morgan fingerprint density at radius 2 is 2.09 bits per heavy atom. The van der Waals surface area contributed by atoms with Gasteiger partial charge in [-0.25, -0.2) is 4.79 Å². The summed E-state index contributed by atoms with van der Waals surface area (Å²) in [6.07, 6.45) is 1.60. The van der Waals surface area contributed by atoms with Gasteiger partial charge in [0.25, 0.3) is 0 Å². The summed E-state index contributed by atoms with van der Waals surface area (Å²) in [5.74, 6) is 0.605. The van der Waals surface area contributed by atoms with Crippen LogP contribution in [0, 0.1) is 6.92 Å². The Morgan fingerprint density at radius 1 is 1.23 bits per heavy atom. The van der Waals surface area contributed by atoms with Crippen LogP contribution < -0.4 is 4.74 Å². The molecule has 1 aromatic carbocycles. The highest BCUT2D eigenvalue weighted by Crippen LogP contribution is 2.32. The molecule has 0 saturated carbocycles. The van der Waals surface area contributed by atoms with E-state index in [0.717, 1.165) is 11.1 Å². The standard InChI is InChI=1S/C17H14O5/c1-11-4-6-15(13(9-11)14-3-2-8-20-14)21-10-12-5-7-16(22-12)17(18)19/h2-9H,10H2,1H3,(H,18,19). The van der Waals surface area contributed by atoms with Crippen LogP contribution in [-0.4, -0.2) is 11.1 Å². The van der Waals surface area contributed by atoms with Crippen molar-refractivity contribution >= 4 is 5.97 Å². The second kappa shape index (κ2) is 5.81. The lowest BCUT2D eigenvalue weighted by atomic mass is 10.1. The average molecular weight is 298 g/mol. The summed E-state index contributed by atoms with van der Waals surface area (Å²) in [5, 5.41) is 8.84. The second-order valence-electron chi connectivity index (χ2n) is 4.84. The highest BCUT2D eigenvalue weighted by atomic mass is 16.5. The van der Waals surface area contributed by atoms with Crippen LogP contribution in [0.25, 0.3) is 11.3 Å². The minimum Gasteiger partial charge on any atom is -0.485 e. The third kappa shape index (κ3) is 2.88. The van der Waals surface area contributed by atoms with E-state index in [-0.39, 0.29) is 12.4 Å². The Hall–Kier alpha value is -2.95. The van der Waals surface area contributed by atoms with Gasteiger partial charge in [-0.05, 0) is 43.3 Å². The summed E-state index contributed by atoms with van der Waals surface area (Å²) in [4.78, 5) is 10.8. The van der Waals surface area contributed by atoms with Crippen molar-refractivity contribution in [2.75, 3.05) is 0 Å². The topological polar surface area (TPSA) is 72.8 Å². The molecule has 2 aromatic heterocycles. The Morgan fingerprint density at radius 3 is 2.77 bits per heavy atom. The van der Waals surface area contributed by atoms with E-state index in [1.165, 1.54) is 6.07 Å². The molecule has 0 fully saturated rings. The second-order valence-corrected chi connectivity index (χ2v) is 4.84. The predicted molar refractivity (Wildman–Crippen MR) is 78.9 cm³/mol. The number of ether oxygens (including phenoxy) is 1. The summed E-state index contributed by atoms with van der Waals surface area (Å²) < 4.78 is 16.3. The first-order valence-electron chi connectivity index (χ1n) is 6.73. The molecule has 2 heterocycles. The van der Waals surface area contributed by atoms with Crippen LogP contribution in [0.5, 0.6) is 5.75 Å². The van der Waals surface area contributed by atoms with Crippen molar-refractivity contribution in [1.29, 1.82) is 0 Å². The maximum Gasteiger partial charge on any atom is 0.371 e. The molecule has 0 bridgehead atoms. The Labute approximate surface area is 126 Å². The number of aryl methyl sites for hydroxylation is 1. The maximum atomic E-state index is 10.8. The van der Waals surface area contributed by atoms with Crippen LogP contribution in [0.2, 0.25) is 0 Å². The van der Waals surface area contributed by atoms with E-state index in [4.69, 9.17) is 18.7 Å². The van der Waals surface area contributed by atoms with Gasteiger partial charge in [0.05, 0.1) is 11.8 Å². The minimum atomic E-state index is -1.10. The Kier molecular flexibility index (Phi) is 3.70. The van der Waals surface area contributed by atoms with Gasteiger partial charge in [-0.15, -0.1) is 0 Å². The SMILES string of the molecule is Cc1ccc(OCc2ccc(C(=O)O)o2)c(-c2ccco2)c1. The van der Waals surface area contributed by atoms with E-state index in [2.05, 4.69) is 0 Å². The van der Waals surface area contributed by atoms with Crippen LogP contribution in [0.15, 0.2) is 57.6 Å². The number of carboxylic acid groups (broad SMARTS) is 1. The van der Waals surface area contributed by atoms with Crippen molar-refractivity contribution in [3.63, 3.8) is 0 Å². The van der Waals surface area contributed by atoms with Gasteiger partial charge in [0.15, 0.2) is 0 Å². The van der Waals surface area contributed by atoms with E-state index in [9.17, 15) is 4.79 Å². The Balaban J connectivity index is 1.81. The Bertz CT molecular complexity index is 783. The molecule has 3 rings (SSSR count). The van der Waals surface area contributed by atoms with Crippen molar-refractivity contribution in [1.82, 2.24) is 0 Å². The van der Waals surface area contributed by atoms with E-state index >= 15 is 0 Å². The summed E-state index contributed by atoms with van der Waals surface area (Å²) in [6, 6.07) is 12.4. The lowest BCUT2D eigenvalue weighted by Crippen LogP contribution is -1.97. The third-order valence-corrected chi connectivity index (χ3v) is 3.16. The molecule has 1 N–H and O–H groups in total. The number of furan rings is 2. The van der Waals surface area contributed by atoms with Crippen LogP contribution >= 0.6 is 0 Å². The third-order valence-electron chi connectivity index (χ3n) is 3.16. The van der Waals surface area contributed by atoms with Gasteiger partial charge in [0.2, 0.25) is 5.76 Å². The fraction of sp³-hybridized carbons (Fsp3) is 0.118. The molecule has 0 atom stereocenters. The normalized spacial score (nSPS) is 10.6. The zero-order valence-corrected chi connectivity index (χ0v) is 11.9. The molecule has 0 spiro atoms. The molecule has 0 radical (unpaired) electrons. The largest absolute Gasteiger partial charge is 0.485 e. The summed E-state index contributed by atoms with van der Waals surface area (Å²) in [6.45, 7) is 2.13. The molecule has 0 saturated heterocycles. The number of benzene rings is 1. The van der Waals surface area contributed by atoms with Crippen molar-refractivity contribution in [2.24, 2.45) is 0 Å². The predicted octanol–water partition coefficient (Wildman–Crippen LogP) is 4.13. The van der Waals surface area contributed by atoms with Crippen LogP contribution in [0.3, 0.4) is 0 Å². The first-order valence-corrected chi connectivity index (χ1v) is 6.73. The average Bonchev–Trinajstić information content (AvgIpc) is 3.17. The van der Waals surface area contributed by atoms with Crippen LogP contribution in [0.1, 0.15) is 21.9 Å². The first-order chi connectivity index (χ1) is 10.6. The molecule has 3 aromatic rings. The highest BCUT2D eigenvalue weighted by Gasteiger charge is 2.12. The molecule has 5 nitrogen and oxygen atoms in total. The lowest BCUT2D eigenvalue weighted by molar-refractivity contribution is 0.0658. The van der Waals surface area contributed by atoms with Crippen LogP contribution in [0.4, 0.5) is 0 Å².